The number of carbonyl (C=O) groups is 1. The number of amides is 1. The molecule has 1 aliphatic carbocycles. The lowest BCUT2D eigenvalue weighted by Crippen LogP contribution is -2.48. The molecule has 2 aliphatic heterocycles. The monoisotopic (exact) mass is 732 g/mol. The summed E-state index contributed by atoms with van der Waals surface area (Å²) in [6, 6.07) is 21.4. The molecule has 1 amide bonds. The molecule has 5 heterocycles. The zero-order chi connectivity index (χ0) is 37.8. The minimum atomic E-state index is -0.249. The number of hydrogen-bond acceptors (Lipinski definition) is 10. The Hall–Kier alpha value is -5.67. The Balaban J connectivity index is 1.00. The van der Waals surface area contributed by atoms with Crippen LogP contribution >= 0.6 is 0 Å². The number of rotatable bonds is 7. The molecular weight excluding hydrogens is 689 g/mol. The topological polar surface area (TPSA) is 135 Å². The van der Waals surface area contributed by atoms with Gasteiger partial charge in [-0.25, -0.2) is 9.97 Å². The Labute approximate surface area is 320 Å². The number of β-amino-alcohol motifs (C(OH)–C–C–N with tert-alkyl or cyclic N) is 1. The smallest absolute Gasteiger partial charge is 0.227 e. The predicted octanol–water partition coefficient (Wildman–Crippen LogP) is 7.06. The molecule has 278 valence electrons. The molecule has 11 nitrogen and oxygen atoms in total. The van der Waals surface area contributed by atoms with E-state index >= 15 is 0 Å². The summed E-state index contributed by atoms with van der Waals surface area (Å²) in [4.78, 5) is 33.1. The lowest BCUT2D eigenvalue weighted by molar-refractivity contribution is -0.130. The first-order valence-electron chi connectivity index (χ1n) is 19.2. The van der Waals surface area contributed by atoms with Crippen LogP contribution in [-0.2, 0) is 17.8 Å². The van der Waals surface area contributed by atoms with Gasteiger partial charge in [0.15, 0.2) is 11.4 Å². The summed E-state index contributed by atoms with van der Waals surface area (Å²) in [5.41, 5.74) is 12.0. The molecule has 0 spiro atoms. The molecule has 0 unspecified atom stereocenters. The van der Waals surface area contributed by atoms with Crippen LogP contribution < -0.4 is 5.32 Å². The van der Waals surface area contributed by atoms with Crippen molar-refractivity contribution in [2.45, 2.75) is 58.7 Å². The highest BCUT2D eigenvalue weighted by molar-refractivity contribution is 5.91. The third kappa shape index (κ3) is 6.40. The first kappa shape index (κ1) is 35.1. The quantitative estimate of drug-likeness (QED) is 0.176. The average Bonchev–Trinajstić information content (AvgIpc) is 3.93. The van der Waals surface area contributed by atoms with E-state index in [2.05, 4.69) is 76.4 Å². The number of benzene rings is 3. The number of nitrogens with one attached hydrogen (secondary N) is 1. The molecule has 3 aromatic heterocycles. The molecule has 3 aromatic carbocycles. The highest BCUT2D eigenvalue weighted by atomic mass is 16.3. The molecule has 55 heavy (non-hydrogen) atoms. The molecule has 0 bridgehead atoms. The van der Waals surface area contributed by atoms with Crippen molar-refractivity contribution < 1.29 is 14.3 Å². The number of likely N-dealkylation sites (tertiary alicyclic amines) is 1. The van der Waals surface area contributed by atoms with E-state index in [4.69, 9.17) is 14.4 Å². The van der Waals surface area contributed by atoms with Crippen molar-refractivity contribution in [1.82, 2.24) is 29.7 Å². The number of oxazole rings is 1. The number of nitriles is 1. The highest BCUT2D eigenvalue weighted by Crippen LogP contribution is 2.43. The molecule has 3 aliphatic rings. The van der Waals surface area contributed by atoms with E-state index in [0.717, 1.165) is 120 Å². The number of aliphatic hydroxyl groups excluding tert-OH is 1. The molecule has 0 radical (unpaired) electrons. The first-order chi connectivity index (χ1) is 26.7. The second kappa shape index (κ2) is 14.2. The number of fused-ring (bicyclic) bond motifs is 3. The molecule has 6 aromatic rings. The lowest BCUT2D eigenvalue weighted by atomic mass is 9.93. The summed E-state index contributed by atoms with van der Waals surface area (Å²) in [5, 5.41) is 24.9. The fourth-order valence-electron chi connectivity index (χ4n) is 8.94. The molecule has 2 atom stereocenters. The average molecular weight is 733 g/mol. The van der Waals surface area contributed by atoms with E-state index in [9.17, 15) is 15.2 Å². The van der Waals surface area contributed by atoms with E-state index in [0.29, 0.717) is 34.9 Å². The van der Waals surface area contributed by atoms with E-state index in [1.54, 1.807) is 6.92 Å². The number of carbonyl (C=O) groups excluding carboxylic acids is 1. The molecule has 11 heteroatoms. The van der Waals surface area contributed by atoms with Crippen molar-refractivity contribution in [3.8, 4) is 28.7 Å². The van der Waals surface area contributed by atoms with Crippen molar-refractivity contribution in [2.75, 3.05) is 44.6 Å². The Bertz CT molecular complexity index is 2510. The summed E-state index contributed by atoms with van der Waals surface area (Å²) in [7, 11) is 0. The fraction of sp³-hybridized carbons (Fsp3) is 0.341. The number of aliphatic hydroxyl groups is 1. The summed E-state index contributed by atoms with van der Waals surface area (Å²) in [6.07, 6.45) is 6.04. The minimum absolute atomic E-state index is 0.121. The number of nitrogens with zero attached hydrogens (tertiary/aromatic N) is 7. The van der Waals surface area contributed by atoms with Crippen LogP contribution in [0.25, 0.3) is 44.6 Å². The Kier molecular flexibility index (Phi) is 9.05. The number of hydrogen-bond donors (Lipinski definition) is 2. The molecular formula is C44H44N8O3. The minimum Gasteiger partial charge on any atom is -0.435 e. The number of aromatic nitrogens is 3. The second-order valence-corrected chi connectivity index (χ2v) is 15.2. The maximum absolute atomic E-state index is 11.9. The van der Waals surface area contributed by atoms with Crippen LogP contribution in [0.5, 0.6) is 0 Å². The van der Waals surface area contributed by atoms with Crippen molar-refractivity contribution >= 4 is 39.4 Å². The maximum Gasteiger partial charge on any atom is 0.227 e. The second-order valence-electron chi connectivity index (χ2n) is 15.2. The first-order valence-corrected chi connectivity index (χ1v) is 19.2. The molecule has 2 N–H and O–H groups in total. The van der Waals surface area contributed by atoms with Crippen molar-refractivity contribution in [3.05, 3.63) is 100 Å². The summed E-state index contributed by atoms with van der Waals surface area (Å²) < 4.78 is 6.49. The highest BCUT2D eigenvalue weighted by Gasteiger charge is 2.34. The molecule has 2 saturated heterocycles. The molecule has 2 fully saturated rings. The normalized spacial score (nSPS) is 18.9. The SMILES string of the molecule is CC(=O)N1CCN([C@@H]2CCc3c2cc2nc(-c4cccc(-c5cccc(Nc6nccc7cc(CN8CC[C@@H](O)C8)cnc67)c5C)c4C)oc2c3C#N)CC1. The lowest BCUT2D eigenvalue weighted by Gasteiger charge is -2.38. The van der Waals surface area contributed by atoms with Crippen molar-refractivity contribution in [3.63, 3.8) is 0 Å². The van der Waals surface area contributed by atoms with Crippen LogP contribution in [0.15, 0.2) is 71.4 Å². The van der Waals surface area contributed by atoms with Gasteiger partial charge in [-0.15, -0.1) is 0 Å². The van der Waals surface area contributed by atoms with Crippen LogP contribution in [0.2, 0.25) is 0 Å². The fourth-order valence-corrected chi connectivity index (χ4v) is 8.94. The summed E-state index contributed by atoms with van der Waals surface area (Å²) >= 11 is 0. The van der Waals surface area contributed by atoms with Crippen LogP contribution in [-0.4, -0.2) is 86.0 Å². The number of pyridine rings is 2. The van der Waals surface area contributed by atoms with Gasteiger partial charge in [0.1, 0.15) is 22.7 Å². The molecule has 0 saturated carbocycles. The van der Waals surface area contributed by atoms with Gasteiger partial charge in [0.05, 0.1) is 6.10 Å². The van der Waals surface area contributed by atoms with Gasteiger partial charge in [-0.05, 0) is 102 Å². The summed E-state index contributed by atoms with van der Waals surface area (Å²) in [6.45, 7) is 11.3. The van der Waals surface area contributed by atoms with Gasteiger partial charge in [0.25, 0.3) is 0 Å². The van der Waals surface area contributed by atoms with Crippen LogP contribution in [0.4, 0.5) is 11.5 Å². The Morgan fingerprint density at radius 1 is 0.982 bits per heavy atom. The van der Waals surface area contributed by atoms with Crippen LogP contribution in [0, 0.1) is 25.2 Å². The van der Waals surface area contributed by atoms with E-state index in [1.807, 2.05) is 35.5 Å². The third-order valence-electron chi connectivity index (χ3n) is 11.9. The van der Waals surface area contributed by atoms with Gasteiger partial charge in [0.2, 0.25) is 11.8 Å². The predicted molar refractivity (Wildman–Crippen MR) is 213 cm³/mol. The Morgan fingerprint density at radius 2 is 1.76 bits per heavy atom. The van der Waals surface area contributed by atoms with Gasteiger partial charge in [-0.3, -0.25) is 19.6 Å². The Morgan fingerprint density at radius 3 is 2.53 bits per heavy atom. The number of piperazine rings is 1. The van der Waals surface area contributed by atoms with Gasteiger partial charge >= 0.3 is 0 Å². The van der Waals surface area contributed by atoms with Gasteiger partial charge in [-0.1, -0.05) is 24.3 Å². The standard InChI is InChI=1S/C44H44N8O3/c1-26-32(33-7-5-9-38(27(33)2)48-43-41-30(12-14-46-43)20-29(23-47-41)24-50-15-13-31(54)25-50)6-4-8-34(26)44-49-39-21-36-35(37(22-45)42(39)55-44)10-11-40(36)52-18-16-51(17-19-52)28(3)53/h4-9,12,14,20-21,23,31,40,54H,10-11,13,15-19,24-25H2,1-3H3,(H,46,48)/t31-,40-/m1/s1. The van der Waals surface area contributed by atoms with Gasteiger partial charge in [-0.2, -0.15) is 5.26 Å². The van der Waals surface area contributed by atoms with Crippen molar-refractivity contribution in [2.24, 2.45) is 0 Å². The largest absolute Gasteiger partial charge is 0.435 e. The zero-order valence-corrected chi connectivity index (χ0v) is 31.5. The van der Waals surface area contributed by atoms with Gasteiger partial charge in [0, 0.05) is 87.8 Å². The van der Waals surface area contributed by atoms with Crippen molar-refractivity contribution in [1.29, 1.82) is 5.26 Å². The molecule has 9 rings (SSSR count). The zero-order valence-electron chi connectivity index (χ0n) is 31.5. The van der Waals surface area contributed by atoms with Crippen LogP contribution in [0.1, 0.15) is 59.2 Å². The third-order valence-corrected chi connectivity index (χ3v) is 11.9. The van der Waals surface area contributed by atoms with E-state index < -0.39 is 0 Å². The maximum atomic E-state index is 11.9. The number of anilines is 2. The summed E-state index contributed by atoms with van der Waals surface area (Å²) in [5.74, 6) is 1.31. The van der Waals surface area contributed by atoms with Crippen LogP contribution in [0.3, 0.4) is 0 Å². The van der Waals surface area contributed by atoms with E-state index in [1.165, 1.54) is 0 Å². The van der Waals surface area contributed by atoms with E-state index in [-0.39, 0.29) is 18.1 Å². The van der Waals surface area contributed by atoms with Gasteiger partial charge < -0.3 is 19.7 Å².